The molecule has 2 aromatic rings. The second-order valence-corrected chi connectivity index (χ2v) is 15.6. The highest BCUT2D eigenvalue weighted by atomic mass is 28.3. The summed E-state index contributed by atoms with van der Waals surface area (Å²) in [6.45, 7) is 16.1. The fourth-order valence-electron chi connectivity index (χ4n) is 5.44. The average molecular weight is 415 g/mol. The first kappa shape index (κ1) is 23.5. The van der Waals surface area contributed by atoms with Gasteiger partial charge in [0, 0.05) is 0 Å². The van der Waals surface area contributed by atoms with Crippen molar-refractivity contribution in [3.8, 4) is 5.75 Å². The monoisotopic (exact) mass is 414 g/mol. The molecular weight excluding hydrogens is 376 g/mol. The van der Waals surface area contributed by atoms with Crippen LogP contribution in [0.4, 0.5) is 0 Å². The summed E-state index contributed by atoms with van der Waals surface area (Å²) in [7, 11) is 0.125. The lowest BCUT2D eigenvalue weighted by molar-refractivity contribution is -0.138. The van der Waals surface area contributed by atoms with Gasteiger partial charge in [0.05, 0.1) is 21.1 Å². The number of aryl methyl sites for hydroxylation is 1. The zero-order chi connectivity index (χ0) is 21.9. The van der Waals surface area contributed by atoms with E-state index in [-0.39, 0.29) is 0 Å². The van der Waals surface area contributed by atoms with Crippen molar-refractivity contribution >= 4 is 24.8 Å². The molecule has 29 heavy (non-hydrogen) atoms. The van der Waals surface area contributed by atoms with Crippen molar-refractivity contribution in [1.29, 1.82) is 0 Å². The van der Waals surface area contributed by atoms with Crippen LogP contribution in [0.25, 0.3) is 10.8 Å². The Hall–Kier alpha value is -1.81. The van der Waals surface area contributed by atoms with E-state index >= 15 is 0 Å². The van der Waals surface area contributed by atoms with E-state index in [9.17, 15) is 9.90 Å². The zero-order valence-electron chi connectivity index (χ0n) is 19.4. The molecule has 3 nitrogen and oxygen atoms in total. The van der Waals surface area contributed by atoms with Crippen LogP contribution in [0.5, 0.6) is 5.75 Å². The molecule has 0 aliphatic rings. The lowest BCUT2D eigenvalue weighted by atomic mass is 9.91. The van der Waals surface area contributed by atoms with Crippen LogP contribution >= 0.6 is 0 Å². The van der Waals surface area contributed by atoms with Crippen LogP contribution < -0.4 is 4.74 Å². The van der Waals surface area contributed by atoms with Crippen molar-refractivity contribution in [2.24, 2.45) is 0 Å². The van der Waals surface area contributed by atoms with Crippen molar-refractivity contribution in [3.63, 3.8) is 0 Å². The van der Waals surface area contributed by atoms with Crippen LogP contribution in [-0.4, -0.2) is 26.3 Å². The van der Waals surface area contributed by atoms with Gasteiger partial charge in [0.25, 0.3) is 0 Å². The lowest BCUT2D eigenvalue weighted by Gasteiger charge is -2.43. The highest BCUT2D eigenvalue weighted by Crippen LogP contribution is 2.45. The average Bonchev–Trinajstić information content (AvgIpc) is 2.65. The Morgan fingerprint density at radius 3 is 2.00 bits per heavy atom. The summed E-state index contributed by atoms with van der Waals surface area (Å²) in [6, 6.07) is 11.5. The molecule has 0 spiro atoms. The van der Waals surface area contributed by atoms with Crippen LogP contribution in [0.1, 0.15) is 65.5 Å². The van der Waals surface area contributed by atoms with Crippen molar-refractivity contribution in [1.82, 2.24) is 0 Å². The number of carboxylic acid groups (broad SMARTS) is 1. The van der Waals surface area contributed by atoms with Gasteiger partial charge in [0.1, 0.15) is 5.75 Å². The lowest BCUT2D eigenvalue weighted by Crippen LogP contribution is -2.44. The van der Waals surface area contributed by atoms with Crippen molar-refractivity contribution < 1.29 is 14.6 Å². The summed E-state index contributed by atoms with van der Waals surface area (Å²) in [5.41, 5.74) is 4.23. The molecule has 1 atom stereocenters. The number of carbonyl (C=O) groups is 1. The van der Waals surface area contributed by atoms with Gasteiger partial charge in [-0.15, -0.1) is 0 Å². The molecule has 4 heteroatoms. The van der Waals surface area contributed by atoms with E-state index in [2.05, 4.69) is 53.7 Å². The number of benzene rings is 2. The standard InChI is InChI=1S/C25H38O3Si/c1-16(2)29(17(3)4,18(5)6)12-11-21-13-22-14-23(28-8)10-9-20(22)15-24(21)19(7)25(26)27/h9-10,13-19H,11-12H2,1-8H3,(H,26,27)/t19-/m0/s1. The fourth-order valence-corrected chi connectivity index (χ4v) is 11.9. The molecule has 0 amide bonds. The first-order valence-electron chi connectivity index (χ1n) is 10.9. The minimum Gasteiger partial charge on any atom is -0.497 e. The SMILES string of the molecule is COc1ccc2cc([C@H](C)C(=O)O)c(CC[Si](C(C)C)(C(C)C)C(C)C)cc2c1. The van der Waals surface area contributed by atoms with Crippen molar-refractivity contribution in [2.75, 3.05) is 7.11 Å². The molecule has 0 saturated carbocycles. The maximum absolute atomic E-state index is 11.8. The van der Waals surface area contributed by atoms with E-state index < -0.39 is 20.0 Å². The summed E-state index contributed by atoms with van der Waals surface area (Å²) in [6.07, 6.45) is 0.945. The summed E-state index contributed by atoms with van der Waals surface area (Å²) < 4.78 is 5.40. The highest BCUT2D eigenvalue weighted by Gasteiger charge is 2.42. The van der Waals surface area contributed by atoms with Gasteiger partial charge in [-0.3, -0.25) is 4.79 Å². The molecular formula is C25H38O3Si. The molecule has 0 radical (unpaired) electrons. The number of aliphatic carboxylic acids is 1. The third-order valence-electron chi connectivity index (χ3n) is 7.19. The van der Waals surface area contributed by atoms with E-state index in [0.29, 0.717) is 16.6 Å². The minimum absolute atomic E-state index is 0.510. The molecule has 0 bridgehead atoms. The van der Waals surface area contributed by atoms with Gasteiger partial charge in [-0.25, -0.2) is 0 Å². The Morgan fingerprint density at radius 2 is 1.52 bits per heavy atom. The Kier molecular flexibility index (Phi) is 7.55. The highest BCUT2D eigenvalue weighted by molar-refractivity contribution is 6.83. The second kappa shape index (κ2) is 9.33. The van der Waals surface area contributed by atoms with Crippen LogP contribution in [0, 0.1) is 0 Å². The van der Waals surface area contributed by atoms with Gasteiger partial charge >= 0.3 is 5.97 Å². The number of rotatable bonds is 9. The molecule has 1 N–H and O–H groups in total. The first-order valence-corrected chi connectivity index (χ1v) is 13.3. The van der Waals surface area contributed by atoms with Crippen molar-refractivity contribution in [3.05, 3.63) is 41.5 Å². The van der Waals surface area contributed by atoms with Crippen LogP contribution in [-0.2, 0) is 11.2 Å². The maximum Gasteiger partial charge on any atom is 0.310 e. The molecule has 0 fully saturated rings. The number of carboxylic acids is 1. The number of fused-ring (bicyclic) bond motifs is 1. The summed E-state index contributed by atoms with van der Waals surface area (Å²) in [4.78, 5) is 11.8. The van der Waals surface area contributed by atoms with Gasteiger partial charge in [0.15, 0.2) is 0 Å². The third kappa shape index (κ3) is 4.68. The molecule has 0 saturated heterocycles. The van der Waals surface area contributed by atoms with Gasteiger partial charge in [-0.05, 0) is 47.4 Å². The third-order valence-corrected chi connectivity index (χ3v) is 14.8. The predicted octanol–water partition coefficient (Wildman–Crippen LogP) is 7.26. The molecule has 0 aromatic heterocycles. The fraction of sp³-hybridized carbons (Fsp3) is 0.560. The molecule has 0 aliphatic heterocycles. The first-order chi connectivity index (χ1) is 13.5. The van der Waals surface area contributed by atoms with Crippen LogP contribution in [0.3, 0.4) is 0 Å². The molecule has 0 unspecified atom stereocenters. The molecule has 160 valence electrons. The van der Waals surface area contributed by atoms with Gasteiger partial charge in [0.2, 0.25) is 0 Å². The Labute approximate surface area is 177 Å². The quantitative estimate of drug-likeness (QED) is 0.439. The molecule has 2 aromatic carbocycles. The Balaban J connectivity index is 2.56. The molecule has 2 rings (SSSR count). The van der Waals surface area contributed by atoms with E-state index in [1.165, 1.54) is 11.6 Å². The van der Waals surface area contributed by atoms with Gasteiger partial charge in [-0.2, -0.15) is 0 Å². The van der Waals surface area contributed by atoms with Gasteiger partial charge < -0.3 is 9.84 Å². The number of methoxy groups -OCH3 is 1. The molecule has 0 aliphatic carbocycles. The predicted molar refractivity (Wildman–Crippen MR) is 126 cm³/mol. The van der Waals surface area contributed by atoms with E-state index in [1.807, 2.05) is 18.2 Å². The van der Waals surface area contributed by atoms with E-state index in [1.54, 1.807) is 14.0 Å². The molecule has 0 heterocycles. The number of hydrogen-bond donors (Lipinski definition) is 1. The second-order valence-electron chi connectivity index (χ2n) is 9.40. The van der Waals surface area contributed by atoms with Crippen LogP contribution in [0.15, 0.2) is 30.3 Å². The Bertz CT molecular complexity index is 833. The maximum atomic E-state index is 11.8. The summed E-state index contributed by atoms with van der Waals surface area (Å²) in [5, 5.41) is 11.9. The van der Waals surface area contributed by atoms with Crippen molar-refractivity contribution in [2.45, 2.75) is 83.5 Å². The summed E-state index contributed by atoms with van der Waals surface area (Å²) in [5.74, 6) is -0.443. The largest absolute Gasteiger partial charge is 0.497 e. The number of ether oxygens (including phenoxy) is 1. The van der Waals surface area contributed by atoms with Gasteiger partial charge in [-0.1, -0.05) is 82.4 Å². The van der Waals surface area contributed by atoms with Crippen LogP contribution in [0.2, 0.25) is 22.7 Å². The van der Waals surface area contributed by atoms with E-state index in [0.717, 1.165) is 28.5 Å². The minimum atomic E-state index is -1.55. The van der Waals surface area contributed by atoms with E-state index in [4.69, 9.17) is 4.74 Å². The smallest absolute Gasteiger partial charge is 0.310 e. The Morgan fingerprint density at radius 1 is 0.931 bits per heavy atom. The normalized spacial score (nSPS) is 13.5. The zero-order valence-corrected chi connectivity index (χ0v) is 20.4. The summed E-state index contributed by atoms with van der Waals surface area (Å²) >= 11 is 0. The topological polar surface area (TPSA) is 46.5 Å². The number of hydrogen-bond acceptors (Lipinski definition) is 2.